The molecule has 5 heteroatoms. The van der Waals surface area contributed by atoms with E-state index in [2.05, 4.69) is 5.32 Å². The zero-order valence-electron chi connectivity index (χ0n) is 15.7. The topological polar surface area (TPSA) is 51.1 Å². The first-order valence-electron chi connectivity index (χ1n) is 9.15. The summed E-state index contributed by atoms with van der Waals surface area (Å²) in [6.45, 7) is 3.98. The van der Waals surface area contributed by atoms with Crippen molar-refractivity contribution in [2.24, 2.45) is 0 Å². The standard InChI is InChI=1S/C23H20N2O2S/c1-15(2)25-20-13-12-19(14-21(20)28-23(25)27)24-22(26)18-10-8-17(9-11-18)16-6-4-3-5-7-16/h3-15H,1-2H3,(H,24,26). The zero-order valence-corrected chi connectivity index (χ0v) is 16.5. The minimum Gasteiger partial charge on any atom is -0.322 e. The third-order valence-electron chi connectivity index (χ3n) is 4.64. The van der Waals surface area contributed by atoms with Crippen LogP contribution in [0.5, 0.6) is 0 Å². The number of thiazole rings is 1. The van der Waals surface area contributed by atoms with Gasteiger partial charge in [-0.2, -0.15) is 0 Å². The summed E-state index contributed by atoms with van der Waals surface area (Å²) < 4.78 is 2.64. The first-order valence-corrected chi connectivity index (χ1v) is 9.96. The lowest BCUT2D eigenvalue weighted by atomic mass is 10.0. The van der Waals surface area contributed by atoms with Gasteiger partial charge in [-0.15, -0.1) is 0 Å². The van der Waals surface area contributed by atoms with E-state index in [1.165, 1.54) is 11.3 Å². The smallest absolute Gasteiger partial charge is 0.308 e. The Balaban J connectivity index is 1.56. The molecule has 0 radical (unpaired) electrons. The van der Waals surface area contributed by atoms with Crippen LogP contribution in [0.2, 0.25) is 0 Å². The molecule has 28 heavy (non-hydrogen) atoms. The van der Waals surface area contributed by atoms with Crippen LogP contribution in [0.1, 0.15) is 30.2 Å². The van der Waals surface area contributed by atoms with Crippen LogP contribution in [0.3, 0.4) is 0 Å². The fourth-order valence-corrected chi connectivity index (χ4v) is 4.30. The van der Waals surface area contributed by atoms with Crippen molar-refractivity contribution < 1.29 is 4.79 Å². The molecule has 0 saturated carbocycles. The van der Waals surface area contributed by atoms with Gasteiger partial charge in [0.05, 0.1) is 10.2 Å². The maximum Gasteiger partial charge on any atom is 0.308 e. The van der Waals surface area contributed by atoms with E-state index in [4.69, 9.17) is 0 Å². The number of hydrogen-bond acceptors (Lipinski definition) is 3. The lowest BCUT2D eigenvalue weighted by molar-refractivity contribution is 0.102. The summed E-state index contributed by atoms with van der Waals surface area (Å²) in [5.41, 5.74) is 4.35. The van der Waals surface area contributed by atoms with Gasteiger partial charge in [0.2, 0.25) is 0 Å². The van der Waals surface area contributed by atoms with Crippen molar-refractivity contribution >= 4 is 33.1 Å². The molecule has 140 valence electrons. The maximum absolute atomic E-state index is 12.6. The SMILES string of the molecule is CC(C)n1c(=O)sc2cc(NC(=O)c3ccc(-c4ccccc4)cc3)ccc21. The molecule has 3 aromatic carbocycles. The van der Waals surface area contributed by atoms with Gasteiger partial charge in [-0.3, -0.25) is 14.2 Å². The fraction of sp³-hybridized carbons (Fsp3) is 0.130. The number of aromatic nitrogens is 1. The quantitative estimate of drug-likeness (QED) is 0.497. The van der Waals surface area contributed by atoms with Crippen LogP contribution >= 0.6 is 11.3 Å². The van der Waals surface area contributed by atoms with Crippen LogP contribution in [-0.4, -0.2) is 10.5 Å². The molecule has 0 aliphatic carbocycles. The summed E-state index contributed by atoms with van der Waals surface area (Å²) in [7, 11) is 0. The summed E-state index contributed by atoms with van der Waals surface area (Å²) in [5.74, 6) is -0.172. The summed E-state index contributed by atoms with van der Waals surface area (Å²) in [5, 5.41) is 2.92. The summed E-state index contributed by atoms with van der Waals surface area (Å²) in [4.78, 5) is 24.8. The van der Waals surface area contributed by atoms with Gasteiger partial charge in [0.1, 0.15) is 0 Å². The van der Waals surface area contributed by atoms with Crippen molar-refractivity contribution in [1.82, 2.24) is 4.57 Å². The monoisotopic (exact) mass is 388 g/mol. The second kappa shape index (κ2) is 7.44. The molecule has 0 bridgehead atoms. The molecule has 0 aliphatic rings. The Hall–Kier alpha value is -3.18. The molecule has 4 nitrogen and oxygen atoms in total. The number of nitrogens with one attached hydrogen (secondary N) is 1. The lowest BCUT2D eigenvalue weighted by Gasteiger charge is -2.09. The average Bonchev–Trinajstić information content (AvgIpc) is 3.04. The first-order chi connectivity index (χ1) is 13.5. The summed E-state index contributed by atoms with van der Waals surface area (Å²) >= 11 is 1.20. The third-order valence-corrected chi connectivity index (χ3v) is 5.56. The highest BCUT2D eigenvalue weighted by Gasteiger charge is 2.12. The van der Waals surface area contributed by atoms with Crippen LogP contribution in [-0.2, 0) is 0 Å². The van der Waals surface area contributed by atoms with Gasteiger partial charge < -0.3 is 5.32 Å². The van der Waals surface area contributed by atoms with Gasteiger partial charge in [0.15, 0.2) is 0 Å². The van der Waals surface area contributed by atoms with E-state index in [-0.39, 0.29) is 16.8 Å². The van der Waals surface area contributed by atoms with Gasteiger partial charge in [-0.1, -0.05) is 53.8 Å². The average molecular weight is 388 g/mol. The number of rotatable bonds is 4. The van der Waals surface area contributed by atoms with Crippen molar-refractivity contribution in [3.63, 3.8) is 0 Å². The molecule has 4 rings (SSSR count). The zero-order chi connectivity index (χ0) is 19.7. The number of amides is 1. The predicted octanol–water partition coefficient (Wildman–Crippen LogP) is 5.56. The predicted molar refractivity (Wildman–Crippen MR) is 116 cm³/mol. The number of anilines is 1. The molecule has 4 aromatic rings. The summed E-state index contributed by atoms with van der Waals surface area (Å²) in [6.07, 6.45) is 0. The highest BCUT2D eigenvalue weighted by atomic mass is 32.1. The van der Waals surface area contributed by atoms with E-state index in [1.807, 2.05) is 86.6 Å². The Morgan fingerprint density at radius 2 is 1.61 bits per heavy atom. The maximum atomic E-state index is 12.6. The van der Waals surface area contributed by atoms with Crippen LogP contribution in [0.4, 0.5) is 5.69 Å². The van der Waals surface area contributed by atoms with E-state index >= 15 is 0 Å². The van der Waals surface area contributed by atoms with Gasteiger partial charge in [0.25, 0.3) is 5.91 Å². The number of benzene rings is 3. The Labute approximate surface area is 167 Å². The number of carbonyl (C=O) groups excluding carboxylic acids is 1. The van der Waals surface area contributed by atoms with Crippen molar-refractivity contribution in [3.8, 4) is 11.1 Å². The highest BCUT2D eigenvalue weighted by molar-refractivity contribution is 7.16. The minimum absolute atomic E-state index is 0.0185. The van der Waals surface area contributed by atoms with Gasteiger partial charge in [-0.05, 0) is 55.3 Å². The molecule has 0 spiro atoms. The van der Waals surface area contributed by atoms with Crippen LogP contribution in [0.25, 0.3) is 21.3 Å². The third kappa shape index (κ3) is 3.49. The number of nitrogens with zero attached hydrogens (tertiary/aromatic N) is 1. The molecule has 0 unspecified atom stereocenters. The largest absolute Gasteiger partial charge is 0.322 e. The van der Waals surface area contributed by atoms with Crippen molar-refractivity contribution in [2.75, 3.05) is 5.32 Å². The molecule has 1 aromatic heterocycles. The van der Waals surface area contributed by atoms with E-state index in [1.54, 1.807) is 4.57 Å². The molecule has 0 fully saturated rings. The van der Waals surface area contributed by atoms with Crippen LogP contribution in [0.15, 0.2) is 77.6 Å². The fourth-order valence-electron chi connectivity index (χ4n) is 3.25. The number of carbonyl (C=O) groups is 1. The number of fused-ring (bicyclic) bond motifs is 1. The molecule has 1 heterocycles. The van der Waals surface area contributed by atoms with E-state index in [9.17, 15) is 9.59 Å². The van der Waals surface area contributed by atoms with E-state index < -0.39 is 0 Å². The lowest BCUT2D eigenvalue weighted by Crippen LogP contribution is -2.14. The van der Waals surface area contributed by atoms with Crippen molar-refractivity contribution in [3.05, 3.63) is 88.0 Å². The Morgan fingerprint density at radius 1 is 0.929 bits per heavy atom. The normalized spacial score (nSPS) is 11.1. The molecule has 0 aliphatic heterocycles. The molecule has 1 N–H and O–H groups in total. The van der Waals surface area contributed by atoms with Gasteiger partial charge in [-0.25, -0.2) is 0 Å². The molecule has 0 atom stereocenters. The van der Waals surface area contributed by atoms with E-state index in [0.29, 0.717) is 11.3 Å². The van der Waals surface area contributed by atoms with Gasteiger partial charge in [0, 0.05) is 17.3 Å². The van der Waals surface area contributed by atoms with Crippen molar-refractivity contribution in [2.45, 2.75) is 19.9 Å². The molecule has 0 saturated heterocycles. The molecular formula is C23H20N2O2S. The van der Waals surface area contributed by atoms with E-state index in [0.717, 1.165) is 21.3 Å². The first kappa shape index (κ1) is 18.2. The highest BCUT2D eigenvalue weighted by Crippen LogP contribution is 2.25. The molecular weight excluding hydrogens is 368 g/mol. The van der Waals surface area contributed by atoms with Gasteiger partial charge >= 0.3 is 4.87 Å². The Morgan fingerprint density at radius 3 is 2.29 bits per heavy atom. The molecule has 1 amide bonds. The second-order valence-electron chi connectivity index (χ2n) is 6.91. The Bertz CT molecular complexity index is 1190. The number of hydrogen-bond donors (Lipinski definition) is 1. The Kier molecular flexibility index (Phi) is 4.84. The summed E-state index contributed by atoms with van der Waals surface area (Å²) in [6, 6.07) is 23.3. The van der Waals surface area contributed by atoms with Crippen LogP contribution < -0.4 is 10.2 Å². The second-order valence-corrected chi connectivity index (χ2v) is 7.90. The van der Waals surface area contributed by atoms with Crippen molar-refractivity contribution in [1.29, 1.82) is 0 Å². The van der Waals surface area contributed by atoms with Crippen LogP contribution in [0, 0.1) is 0 Å². The minimum atomic E-state index is -0.172.